The number of furan rings is 1. The lowest BCUT2D eigenvalue weighted by Crippen LogP contribution is -2.31. The van der Waals surface area contributed by atoms with Gasteiger partial charge in [0.25, 0.3) is 0 Å². The van der Waals surface area contributed by atoms with Crippen molar-refractivity contribution in [1.82, 2.24) is 0 Å². The molecule has 2 nitrogen and oxygen atoms in total. The molecule has 0 radical (unpaired) electrons. The lowest BCUT2D eigenvalue weighted by atomic mass is 9.64. The maximum atomic E-state index is 6.89. The molecule has 0 aliphatic heterocycles. The average Bonchev–Trinajstić information content (AvgIpc) is 4.15. The molecule has 346 valence electrons. The third kappa shape index (κ3) is 6.00. The lowest BCUT2D eigenvalue weighted by molar-refractivity contribution is 0.669. The van der Waals surface area contributed by atoms with Crippen molar-refractivity contribution in [3.05, 3.63) is 330 Å². The topological polar surface area (TPSA) is 16.4 Å². The van der Waals surface area contributed by atoms with Crippen LogP contribution in [0.15, 0.2) is 290 Å². The SMILES string of the molecule is c1ccc(C2(c3ccc4c(c3)C(c3ccccc3)(c3ccccc3)c3cc(N(c5ccc(-c6cccc7ccccc67)cc5)c5cccc6c5oc5ccccc56)ccc3-4)c3ccccc3-c3ccccc32)cc1. The Balaban J connectivity index is 0.995. The summed E-state index contributed by atoms with van der Waals surface area (Å²) in [7, 11) is 0. The van der Waals surface area contributed by atoms with Crippen LogP contribution in [0, 0.1) is 0 Å². The Morgan fingerprint density at radius 1 is 0.284 bits per heavy atom. The standard InChI is InChI=1S/C72H47NO/c1-4-22-50(23-5-1)71(51-24-6-2-7-25-51)66-46-53(72(52-26-8-3-9-27-52)64-34-15-12-29-58(64)59-30-13-16-35-65(59)72)40-44-60(66)61-45-43-55(47-67(61)71)73(68-36-19-33-63-62-31-14-17-37-69(62)74-70(63)68)54-41-38-49(39-42-54)57-32-18-21-48-20-10-11-28-56(48)57/h1-47H. The molecule has 0 atom stereocenters. The maximum Gasteiger partial charge on any atom is 0.159 e. The Kier molecular flexibility index (Phi) is 9.43. The highest BCUT2D eigenvalue weighted by molar-refractivity contribution is 6.10. The van der Waals surface area contributed by atoms with Crippen LogP contribution in [0.4, 0.5) is 17.1 Å². The summed E-state index contributed by atoms with van der Waals surface area (Å²) in [6.07, 6.45) is 0. The van der Waals surface area contributed by atoms with Crippen molar-refractivity contribution in [2.24, 2.45) is 0 Å². The summed E-state index contributed by atoms with van der Waals surface area (Å²) < 4.78 is 6.89. The normalized spacial score (nSPS) is 13.6. The van der Waals surface area contributed by atoms with E-state index in [2.05, 4.69) is 290 Å². The second-order valence-corrected chi connectivity index (χ2v) is 19.8. The van der Waals surface area contributed by atoms with Gasteiger partial charge in [-0.2, -0.15) is 0 Å². The van der Waals surface area contributed by atoms with Crippen molar-refractivity contribution in [3.63, 3.8) is 0 Å². The van der Waals surface area contributed by atoms with Crippen molar-refractivity contribution in [3.8, 4) is 33.4 Å². The highest BCUT2D eigenvalue weighted by Crippen LogP contribution is 2.61. The molecule has 2 aliphatic carbocycles. The minimum atomic E-state index is -0.704. The molecule has 0 saturated heterocycles. The molecule has 0 amide bonds. The van der Waals surface area contributed by atoms with E-state index >= 15 is 0 Å². The van der Waals surface area contributed by atoms with Crippen molar-refractivity contribution < 1.29 is 4.42 Å². The summed E-state index contributed by atoms with van der Waals surface area (Å²) in [4.78, 5) is 2.41. The molecule has 15 rings (SSSR count). The third-order valence-corrected chi connectivity index (χ3v) is 16.2. The van der Waals surface area contributed by atoms with Gasteiger partial charge in [-0.05, 0) is 125 Å². The summed E-state index contributed by atoms with van der Waals surface area (Å²) in [5, 5.41) is 4.65. The van der Waals surface area contributed by atoms with Crippen molar-refractivity contribution in [2.45, 2.75) is 10.8 Å². The molecule has 2 heteroatoms. The summed E-state index contributed by atoms with van der Waals surface area (Å²) in [5.74, 6) is 0. The Morgan fingerprint density at radius 2 is 0.757 bits per heavy atom. The molecule has 0 N–H and O–H groups in total. The highest BCUT2D eigenvalue weighted by Gasteiger charge is 2.50. The second kappa shape index (κ2) is 16.5. The molecule has 12 aromatic carbocycles. The largest absolute Gasteiger partial charge is 0.454 e. The van der Waals surface area contributed by atoms with Gasteiger partial charge in [0.05, 0.1) is 16.5 Å². The van der Waals surface area contributed by atoms with Gasteiger partial charge in [0, 0.05) is 22.1 Å². The number of hydrogen-bond donors (Lipinski definition) is 0. The van der Waals surface area contributed by atoms with Gasteiger partial charge in [-0.15, -0.1) is 0 Å². The fourth-order valence-corrected chi connectivity index (χ4v) is 13.2. The average molecular weight is 942 g/mol. The fourth-order valence-electron chi connectivity index (χ4n) is 13.2. The molecule has 0 spiro atoms. The van der Waals surface area contributed by atoms with Gasteiger partial charge in [0.2, 0.25) is 0 Å². The molecule has 1 aromatic heterocycles. The van der Waals surface area contributed by atoms with Gasteiger partial charge in [-0.3, -0.25) is 0 Å². The van der Waals surface area contributed by atoms with E-state index in [0.29, 0.717) is 0 Å². The molecule has 0 saturated carbocycles. The molecular weight excluding hydrogens is 895 g/mol. The third-order valence-electron chi connectivity index (χ3n) is 16.2. The van der Waals surface area contributed by atoms with Crippen LogP contribution in [0.3, 0.4) is 0 Å². The molecule has 1 heterocycles. The van der Waals surface area contributed by atoms with E-state index in [4.69, 9.17) is 4.42 Å². The van der Waals surface area contributed by atoms with Gasteiger partial charge in [0.1, 0.15) is 5.58 Å². The maximum absolute atomic E-state index is 6.89. The molecular formula is C72H47NO. The molecule has 0 unspecified atom stereocenters. The van der Waals surface area contributed by atoms with Crippen LogP contribution in [-0.4, -0.2) is 0 Å². The zero-order chi connectivity index (χ0) is 48.8. The van der Waals surface area contributed by atoms with Gasteiger partial charge in [-0.25, -0.2) is 0 Å². The van der Waals surface area contributed by atoms with Crippen molar-refractivity contribution >= 4 is 49.8 Å². The second-order valence-electron chi connectivity index (χ2n) is 19.8. The van der Waals surface area contributed by atoms with Crippen LogP contribution in [0.1, 0.15) is 44.5 Å². The minimum Gasteiger partial charge on any atom is -0.454 e. The Hall–Kier alpha value is -9.50. The van der Waals surface area contributed by atoms with Crippen LogP contribution >= 0.6 is 0 Å². The lowest BCUT2D eigenvalue weighted by Gasteiger charge is -2.37. The summed E-state index contributed by atoms with van der Waals surface area (Å²) in [6.45, 7) is 0. The van der Waals surface area contributed by atoms with Crippen LogP contribution in [0.2, 0.25) is 0 Å². The van der Waals surface area contributed by atoms with Gasteiger partial charge < -0.3 is 9.32 Å². The first-order valence-corrected chi connectivity index (χ1v) is 25.7. The first-order valence-electron chi connectivity index (χ1n) is 25.7. The van der Waals surface area contributed by atoms with E-state index in [1.807, 2.05) is 0 Å². The first-order chi connectivity index (χ1) is 36.7. The number of nitrogens with zero attached hydrogens (tertiary/aromatic N) is 1. The summed E-state index contributed by atoms with van der Waals surface area (Å²) in [6, 6.07) is 105. The van der Waals surface area contributed by atoms with E-state index in [0.717, 1.165) is 39.0 Å². The zero-order valence-electron chi connectivity index (χ0n) is 40.5. The quantitative estimate of drug-likeness (QED) is 0.151. The van der Waals surface area contributed by atoms with Gasteiger partial charge >= 0.3 is 0 Å². The van der Waals surface area contributed by atoms with Gasteiger partial charge in [0.15, 0.2) is 5.58 Å². The smallest absolute Gasteiger partial charge is 0.159 e. The molecule has 0 fully saturated rings. The minimum absolute atomic E-state index is 0.567. The van der Waals surface area contributed by atoms with Crippen LogP contribution in [0.25, 0.3) is 66.1 Å². The van der Waals surface area contributed by atoms with Crippen LogP contribution in [-0.2, 0) is 10.8 Å². The number of benzene rings is 12. The van der Waals surface area contributed by atoms with Gasteiger partial charge in [-0.1, -0.05) is 249 Å². The predicted octanol–water partition coefficient (Wildman–Crippen LogP) is 18.6. The molecule has 2 aliphatic rings. The predicted molar refractivity (Wildman–Crippen MR) is 306 cm³/mol. The fraction of sp³-hybridized carbons (Fsp3) is 0.0278. The van der Waals surface area contributed by atoms with E-state index in [1.165, 1.54) is 88.7 Å². The van der Waals surface area contributed by atoms with E-state index in [1.54, 1.807) is 0 Å². The van der Waals surface area contributed by atoms with Crippen molar-refractivity contribution in [1.29, 1.82) is 0 Å². The number of fused-ring (bicyclic) bond motifs is 10. The van der Waals surface area contributed by atoms with E-state index < -0.39 is 10.8 Å². The number of hydrogen-bond acceptors (Lipinski definition) is 2. The highest BCUT2D eigenvalue weighted by atomic mass is 16.3. The zero-order valence-corrected chi connectivity index (χ0v) is 40.5. The Labute approximate surface area is 430 Å². The van der Waals surface area contributed by atoms with E-state index in [-0.39, 0.29) is 0 Å². The molecule has 0 bridgehead atoms. The summed E-state index contributed by atoms with van der Waals surface area (Å²) in [5.41, 5.74) is 20.9. The van der Waals surface area contributed by atoms with E-state index in [9.17, 15) is 0 Å². The summed E-state index contributed by atoms with van der Waals surface area (Å²) >= 11 is 0. The first kappa shape index (κ1) is 42.2. The van der Waals surface area contributed by atoms with Crippen LogP contribution in [0.5, 0.6) is 0 Å². The monoisotopic (exact) mass is 941 g/mol. The number of rotatable bonds is 8. The Bertz CT molecular complexity index is 4210. The molecule has 74 heavy (non-hydrogen) atoms. The van der Waals surface area contributed by atoms with Crippen molar-refractivity contribution in [2.75, 3.05) is 4.90 Å². The number of anilines is 3. The number of para-hydroxylation sites is 2. The Morgan fingerprint density at radius 3 is 1.43 bits per heavy atom. The molecule has 13 aromatic rings. The van der Waals surface area contributed by atoms with Crippen LogP contribution < -0.4 is 4.90 Å².